The van der Waals surface area contributed by atoms with E-state index in [1.54, 1.807) is 7.11 Å². The smallest absolute Gasteiger partial charge is 0.236 e. The van der Waals surface area contributed by atoms with Gasteiger partial charge in [0.1, 0.15) is 0 Å². The van der Waals surface area contributed by atoms with Crippen molar-refractivity contribution in [1.29, 1.82) is 0 Å². The Kier molecular flexibility index (Phi) is 9.92. The number of ether oxygens (including phenoxy) is 1. The Morgan fingerprint density at radius 2 is 1.89 bits per heavy atom. The van der Waals surface area contributed by atoms with E-state index in [-0.39, 0.29) is 11.9 Å². The summed E-state index contributed by atoms with van der Waals surface area (Å²) in [5, 5.41) is 6.14. The third-order valence-corrected chi connectivity index (χ3v) is 2.96. The van der Waals surface area contributed by atoms with Gasteiger partial charge in [0.05, 0.1) is 12.6 Å². The first-order chi connectivity index (χ1) is 8.54. The summed E-state index contributed by atoms with van der Waals surface area (Å²) < 4.78 is 4.89. The summed E-state index contributed by atoms with van der Waals surface area (Å²) in [6, 6.07) is 0.125. The summed E-state index contributed by atoms with van der Waals surface area (Å²) in [5.74, 6) is 0.0263. The van der Waals surface area contributed by atoms with Gasteiger partial charge in [0.25, 0.3) is 0 Å². The van der Waals surface area contributed by atoms with Crippen molar-refractivity contribution in [3.8, 4) is 0 Å². The number of nitrogens with one attached hydrogen (secondary N) is 2. The minimum absolute atomic E-state index is 0.0263. The molecule has 2 N–H and O–H groups in total. The van der Waals surface area contributed by atoms with Crippen LogP contribution in [-0.2, 0) is 9.53 Å². The zero-order valence-electron chi connectivity index (χ0n) is 12.5. The topological polar surface area (TPSA) is 53.6 Å². The fourth-order valence-electron chi connectivity index (χ4n) is 1.85. The minimum Gasteiger partial charge on any atom is -0.383 e. The second-order valence-corrected chi connectivity index (χ2v) is 4.56. The van der Waals surface area contributed by atoms with Gasteiger partial charge in [-0.1, -0.05) is 13.8 Å². The fraction of sp³-hybridized carbons (Fsp3) is 0.923. The molecule has 0 rings (SSSR count). The molecule has 0 aromatic heterocycles. The number of nitrogens with zero attached hydrogens (tertiary/aromatic N) is 1. The largest absolute Gasteiger partial charge is 0.383 e. The average molecular weight is 259 g/mol. The lowest BCUT2D eigenvalue weighted by Gasteiger charge is -2.25. The summed E-state index contributed by atoms with van der Waals surface area (Å²) in [5.41, 5.74) is 0. The molecule has 0 saturated carbocycles. The lowest BCUT2D eigenvalue weighted by Crippen LogP contribution is -2.49. The van der Waals surface area contributed by atoms with Gasteiger partial charge < -0.3 is 20.3 Å². The lowest BCUT2D eigenvalue weighted by atomic mass is 10.2. The average Bonchev–Trinajstić information content (AvgIpc) is 2.35. The van der Waals surface area contributed by atoms with Crippen LogP contribution in [0.5, 0.6) is 0 Å². The van der Waals surface area contributed by atoms with Crippen molar-refractivity contribution in [2.75, 3.05) is 39.9 Å². The van der Waals surface area contributed by atoms with Gasteiger partial charge in [-0.15, -0.1) is 0 Å². The van der Waals surface area contributed by atoms with Crippen molar-refractivity contribution in [3.05, 3.63) is 0 Å². The summed E-state index contributed by atoms with van der Waals surface area (Å²) in [6.07, 6.45) is 0. The van der Waals surface area contributed by atoms with Crippen LogP contribution in [-0.4, -0.2) is 62.8 Å². The first-order valence-corrected chi connectivity index (χ1v) is 6.80. The maximum atomic E-state index is 11.7. The van der Waals surface area contributed by atoms with E-state index in [9.17, 15) is 4.79 Å². The Morgan fingerprint density at radius 3 is 2.39 bits per heavy atom. The quantitative estimate of drug-likeness (QED) is 0.560. The molecule has 108 valence electrons. The second-order valence-electron chi connectivity index (χ2n) is 4.56. The van der Waals surface area contributed by atoms with E-state index in [0.29, 0.717) is 19.2 Å². The number of carbonyl (C=O) groups is 1. The molecule has 0 aliphatic carbocycles. The molecule has 0 radical (unpaired) electrons. The molecular formula is C13H29N3O2. The predicted molar refractivity (Wildman–Crippen MR) is 74.7 cm³/mol. The molecule has 18 heavy (non-hydrogen) atoms. The van der Waals surface area contributed by atoms with Gasteiger partial charge in [0, 0.05) is 26.2 Å². The van der Waals surface area contributed by atoms with Crippen LogP contribution in [0, 0.1) is 0 Å². The number of rotatable bonds is 10. The van der Waals surface area contributed by atoms with Gasteiger partial charge in [0.15, 0.2) is 0 Å². The SMILES string of the molecule is CCN(CC)CC(C)NC(C)C(=O)NCCOC. The van der Waals surface area contributed by atoms with E-state index < -0.39 is 0 Å². The molecule has 0 heterocycles. The molecule has 2 unspecified atom stereocenters. The zero-order valence-corrected chi connectivity index (χ0v) is 12.5. The van der Waals surface area contributed by atoms with Gasteiger partial charge >= 0.3 is 0 Å². The van der Waals surface area contributed by atoms with Crippen LogP contribution in [0.3, 0.4) is 0 Å². The van der Waals surface area contributed by atoms with Crippen LogP contribution in [0.2, 0.25) is 0 Å². The van der Waals surface area contributed by atoms with E-state index in [1.807, 2.05) is 6.92 Å². The second kappa shape index (κ2) is 10.3. The van der Waals surface area contributed by atoms with E-state index >= 15 is 0 Å². The van der Waals surface area contributed by atoms with Crippen molar-refractivity contribution in [3.63, 3.8) is 0 Å². The van der Waals surface area contributed by atoms with Crippen molar-refractivity contribution in [2.45, 2.75) is 39.8 Å². The Morgan fingerprint density at radius 1 is 1.28 bits per heavy atom. The van der Waals surface area contributed by atoms with Crippen LogP contribution in [0.4, 0.5) is 0 Å². The van der Waals surface area contributed by atoms with E-state index in [0.717, 1.165) is 19.6 Å². The van der Waals surface area contributed by atoms with Crippen molar-refractivity contribution in [1.82, 2.24) is 15.5 Å². The Balaban J connectivity index is 3.90. The Hall–Kier alpha value is -0.650. The number of hydrogen-bond donors (Lipinski definition) is 2. The molecule has 5 nitrogen and oxygen atoms in total. The molecule has 0 aromatic carbocycles. The third-order valence-electron chi connectivity index (χ3n) is 2.96. The van der Waals surface area contributed by atoms with Crippen LogP contribution < -0.4 is 10.6 Å². The highest BCUT2D eigenvalue weighted by Gasteiger charge is 2.15. The molecular weight excluding hydrogens is 230 g/mol. The number of likely N-dealkylation sites (N-methyl/N-ethyl adjacent to an activating group) is 1. The summed E-state index contributed by atoms with van der Waals surface area (Å²) in [6.45, 7) is 12.4. The molecule has 0 bridgehead atoms. The highest BCUT2D eigenvalue weighted by molar-refractivity contribution is 5.81. The molecule has 1 amide bonds. The number of carbonyl (C=O) groups excluding carboxylic acids is 1. The van der Waals surface area contributed by atoms with Crippen LogP contribution in [0.1, 0.15) is 27.7 Å². The highest BCUT2D eigenvalue weighted by atomic mass is 16.5. The molecule has 0 aliphatic heterocycles. The van der Waals surface area contributed by atoms with E-state index in [2.05, 4.69) is 36.3 Å². The number of hydrogen-bond acceptors (Lipinski definition) is 4. The normalized spacial score (nSPS) is 14.6. The summed E-state index contributed by atoms with van der Waals surface area (Å²) in [4.78, 5) is 14.1. The summed E-state index contributed by atoms with van der Waals surface area (Å²) >= 11 is 0. The fourth-order valence-corrected chi connectivity index (χ4v) is 1.85. The Labute approximate surface area is 111 Å². The van der Waals surface area contributed by atoms with Gasteiger partial charge in [-0.05, 0) is 26.9 Å². The van der Waals surface area contributed by atoms with Gasteiger partial charge in [-0.3, -0.25) is 4.79 Å². The minimum atomic E-state index is -0.174. The lowest BCUT2D eigenvalue weighted by molar-refractivity contribution is -0.123. The molecule has 0 saturated heterocycles. The number of amides is 1. The highest BCUT2D eigenvalue weighted by Crippen LogP contribution is 1.94. The molecule has 0 aliphatic rings. The maximum absolute atomic E-state index is 11.7. The van der Waals surface area contributed by atoms with Crippen LogP contribution in [0.25, 0.3) is 0 Å². The maximum Gasteiger partial charge on any atom is 0.236 e. The first kappa shape index (κ1) is 17.4. The monoisotopic (exact) mass is 259 g/mol. The van der Waals surface area contributed by atoms with E-state index in [1.165, 1.54) is 0 Å². The molecule has 0 fully saturated rings. The van der Waals surface area contributed by atoms with Crippen molar-refractivity contribution >= 4 is 5.91 Å². The van der Waals surface area contributed by atoms with Gasteiger partial charge in [-0.25, -0.2) is 0 Å². The van der Waals surface area contributed by atoms with Gasteiger partial charge in [0.2, 0.25) is 5.91 Å². The third kappa shape index (κ3) is 7.63. The molecule has 5 heteroatoms. The molecule has 0 spiro atoms. The number of methoxy groups -OCH3 is 1. The molecule has 0 aromatic rings. The van der Waals surface area contributed by atoms with Gasteiger partial charge in [-0.2, -0.15) is 0 Å². The summed E-state index contributed by atoms with van der Waals surface area (Å²) in [7, 11) is 1.62. The predicted octanol–water partition coefficient (Wildman–Crippen LogP) is 0.457. The first-order valence-electron chi connectivity index (χ1n) is 6.80. The van der Waals surface area contributed by atoms with Crippen LogP contribution >= 0.6 is 0 Å². The molecule has 2 atom stereocenters. The standard InChI is InChI=1S/C13H29N3O2/c1-6-16(7-2)10-11(3)15-12(4)13(17)14-8-9-18-5/h11-12,15H,6-10H2,1-5H3,(H,14,17). The zero-order chi connectivity index (χ0) is 14.0. The van der Waals surface area contributed by atoms with E-state index in [4.69, 9.17) is 4.74 Å². The Bertz CT molecular complexity index is 220. The van der Waals surface area contributed by atoms with Crippen molar-refractivity contribution in [2.24, 2.45) is 0 Å². The van der Waals surface area contributed by atoms with Crippen LogP contribution in [0.15, 0.2) is 0 Å². The van der Waals surface area contributed by atoms with Crippen molar-refractivity contribution < 1.29 is 9.53 Å².